The third kappa shape index (κ3) is 3.09. The molecule has 0 radical (unpaired) electrons. The Bertz CT molecular complexity index is 262. The van der Waals surface area contributed by atoms with Crippen molar-refractivity contribution in [1.82, 2.24) is 10.6 Å². The zero-order chi connectivity index (χ0) is 10.4. The van der Waals surface area contributed by atoms with Crippen LogP contribution < -0.4 is 10.6 Å². The molecule has 0 aromatic carbocycles. The molecule has 2 nitrogen and oxygen atoms in total. The van der Waals surface area contributed by atoms with E-state index >= 15 is 0 Å². The zero-order valence-electron chi connectivity index (χ0n) is 8.25. The second-order valence-corrected chi connectivity index (χ2v) is 3.64. The summed E-state index contributed by atoms with van der Waals surface area (Å²) in [7, 11) is 0. The second-order valence-electron chi connectivity index (χ2n) is 3.20. The number of hydrogen-bond donors (Lipinski definition) is 2. The van der Waals surface area contributed by atoms with E-state index < -0.39 is 0 Å². The van der Waals surface area contributed by atoms with Gasteiger partial charge >= 0.3 is 0 Å². The van der Waals surface area contributed by atoms with Gasteiger partial charge in [0.05, 0.1) is 11.0 Å². The van der Waals surface area contributed by atoms with Crippen LogP contribution in [0, 0.1) is 0 Å². The first-order chi connectivity index (χ1) is 6.77. The third-order valence-electron chi connectivity index (χ3n) is 2.16. The Kier molecular flexibility index (Phi) is 4.56. The Morgan fingerprint density at radius 2 is 2.29 bits per heavy atom. The first-order valence-corrected chi connectivity index (χ1v) is 5.18. The summed E-state index contributed by atoms with van der Waals surface area (Å²) < 4.78 is 0. The molecule has 0 aliphatic carbocycles. The summed E-state index contributed by atoms with van der Waals surface area (Å²) in [6.07, 6.45) is 7.62. The van der Waals surface area contributed by atoms with E-state index in [2.05, 4.69) is 23.8 Å². The van der Waals surface area contributed by atoms with Gasteiger partial charge in [0.2, 0.25) is 0 Å². The van der Waals surface area contributed by atoms with Gasteiger partial charge in [0.25, 0.3) is 0 Å². The van der Waals surface area contributed by atoms with Crippen molar-refractivity contribution in [2.75, 3.05) is 6.54 Å². The molecular weight excluding hydrogens is 192 g/mol. The minimum atomic E-state index is 0.318. The first-order valence-electron chi connectivity index (χ1n) is 4.77. The Morgan fingerprint density at radius 1 is 1.50 bits per heavy atom. The SMILES string of the molecule is C=C/C=C(\C=C)NC(=S)C1CCCN1. The van der Waals surface area contributed by atoms with E-state index in [1.807, 2.05) is 6.08 Å². The van der Waals surface area contributed by atoms with Crippen molar-refractivity contribution in [3.63, 3.8) is 0 Å². The summed E-state index contributed by atoms with van der Waals surface area (Å²) in [6, 6.07) is 0.318. The Balaban J connectivity index is 2.49. The largest absolute Gasteiger partial charge is 0.349 e. The van der Waals surface area contributed by atoms with Crippen molar-refractivity contribution in [3.8, 4) is 0 Å². The smallest absolute Gasteiger partial charge is 0.0969 e. The molecule has 1 unspecified atom stereocenters. The van der Waals surface area contributed by atoms with Crippen LogP contribution in [-0.2, 0) is 0 Å². The van der Waals surface area contributed by atoms with Gasteiger partial charge < -0.3 is 10.6 Å². The fourth-order valence-electron chi connectivity index (χ4n) is 1.43. The van der Waals surface area contributed by atoms with Crippen LogP contribution in [0.4, 0.5) is 0 Å². The fraction of sp³-hybridized carbons (Fsp3) is 0.364. The maximum absolute atomic E-state index is 5.27. The maximum Gasteiger partial charge on any atom is 0.0969 e. The van der Waals surface area contributed by atoms with E-state index in [0.29, 0.717) is 6.04 Å². The van der Waals surface area contributed by atoms with Gasteiger partial charge in [0.15, 0.2) is 0 Å². The van der Waals surface area contributed by atoms with E-state index in [9.17, 15) is 0 Å². The summed E-state index contributed by atoms with van der Waals surface area (Å²) in [5.74, 6) is 0. The zero-order valence-corrected chi connectivity index (χ0v) is 9.07. The minimum absolute atomic E-state index is 0.318. The number of thiocarbonyl (C=S) groups is 1. The maximum atomic E-state index is 5.27. The Hall–Kier alpha value is -0.930. The molecule has 0 aromatic heterocycles. The van der Waals surface area contributed by atoms with E-state index in [1.165, 1.54) is 6.42 Å². The molecule has 0 amide bonds. The molecule has 0 saturated carbocycles. The third-order valence-corrected chi connectivity index (χ3v) is 2.55. The van der Waals surface area contributed by atoms with E-state index in [1.54, 1.807) is 12.2 Å². The molecule has 3 heteroatoms. The van der Waals surface area contributed by atoms with Gasteiger partial charge in [-0.25, -0.2) is 0 Å². The van der Waals surface area contributed by atoms with Crippen molar-refractivity contribution in [2.24, 2.45) is 0 Å². The lowest BCUT2D eigenvalue weighted by Crippen LogP contribution is -2.38. The van der Waals surface area contributed by atoms with Crippen LogP contribution in [-0.4, -0.2) is 17.6 Å². The molecule has 0 bridgehead atoms. The highest BCUT2D eigenvalue weighted by molar-refractivity contribution is 7.80. The van der Waals surface area contributed by atoms with Gasteiger partial charge in [-0.3, -0.25) is 0 Å². The van der Waals surface area contributed by atoms with E-state index in [-0.39, 0.29) is 0 Å². The second kappa shape index (κ2) is 5.73. The molecule has 1 saturated heterocycles. The first kappa shape index (κ1) is 11.1. The average Bonchev–Trinajstić information content (AvgIpc) is 2.69. The molecule has 1 heterocycles. The van der Waals surface area contributed by atoms with Gasteiger partial charge in [-0.1, -0.05) is 31.5 Å². The van der Waals surface area contributed by atoms with Crippen LogP contribution in [0.3, 0.4) is 0 Å². The molecule has 14 heavy (non-hydrogen) atoms. The normalized spacial score (nSPS) is 21.7. The van der Waals surface area contributed by atoms with Gasteiger partial charge in [0.1, 0.15) is 0 Å². The summed E-state index contributed by atoms with van der Waals surface area (Å²) in [5.41, 5.74) is 0.902. The number of rotatable bonds is 4. The molecule has 0 spiro atoms. The van der Waals surface area contributed by atoms with Crippen molar-refractivity contribution in [3.05, 3.63) is 37.1 Å². The lowest BCUT2D eigenvalue weighted by atomic mass is 10.2. The van der Waals surface area contributed by atoms with Crippen molar-refractivity contribution in [1.29, 1.82) is 0 Å². The molecule has 1 fully saturated rings. The van der Waals surface area contributed by atoms with Gasteiger partial charge in [-0.15, -0.1) is 0 Å². The van der Waals surface area contributed by atoms with Gasteiger partial charge in [-0.05, 0) is 31.5 Å². The molecular formula is C11H16N2S. The average molecular weight is 208 g/mol. The standard InChI is InChI=1S/C11H16N2S/c1-3-6-9(4-2)13-11(14)10-7-5-8-12-10/h3-4,6,10,12H,1-2,5,7-8H2,(H,13,14)/b9-6+. The topological polar surface area (TPSA) is 24.1 Å². The molecule has 2 N–H and O–H groups in total. The molecule has 76 valence electrons. The van der Waals surface area contributed by atoms with E-state index in [0.717, 1.165) is 23.7 Å². The van der Waals surface area contributed by atoms with Gasteiger partial charge in [0, 0.05) is 5.70 Å². The summed E-state index contributed by atoms with van der Waals surface area (Å²) >= 11 is 5.27. The fourth-order valence-corrected chi connectivity index (χ4v) is 1.74. The minimum Gasteiger partial charge on any atom is -0.349 e. The van der Waals surface area contributed by atoms with Crippen molar-refractivity contribution >= 4 is 17.2 Å². The Labute approximate surface area is 90.8 Å². The van der Waals surface area contributed by atoms with Crippen LogP contribution in [0.2, 0.25) is 0 Å². The predicted molar refractivity (Wildman–Crippen MR) is 65.2 cm³/mol. The van der Waals surface area contributed by atoms with Crippen LogP contribution >= 0.6 is 12.2 Å². The van der Waals surface area contributed by atoms with Crippen molar-refractivity contribution in [2.45, 2.75) is 18.9 Å². The highest BCUT2D eigenvalue weighted by Gasteiger charge is 2.18. The van der Waals surface area contributed by atoms with Crippen LogP contribution in [0.25, 0.3) is 0 Å². The summed E-state index contributed by atoms with van der Waals surface area (Å²) in [6.45, 7) is 8.39. The van der Waals surface area contributed by atoms with Gasteiger partial charge in [-0.2, -0.15) is 0 Å². The van der Waals surface area contributed by atoms with Crippen LogP contribution in [0.15, 0.2) is 37.1 Å². The molecule has 0 aromatic rings. The monoisotopic (exact) mass is 208 g/mol. The number of allylic oxidation sites excluding steroid dienone is 3. The van der Waals surface area contributed by atoms with Crippen LogP contribution in [0.1, 0.15) is 12.8 Å². The molecule has 1 rings (SSSR count). The number of nitrogens with one attached hydrogen (secondary N) is 2. The quantitative estimate of drug-likeness (QED) is 0.545. The van der Waals surface area contributed by atoms with E-state index in [4.69, 9.17) is 12.2 Å². The molecule has 1 aliphatic rings. The number of hydrogen-bond acceptors (Lipinski definition) is 2. The predicted octanol–water partition coefficient (Wildman–Crippen LogP) is 1.91. The Morgan fingerprint density at radius 3 is 2.79 bits per heavy atom. The highest BCUT2D eigenvalue weighted by Crippen LogP contribution is 2.07. The van der Waals surface area contributed by atoms with Crippen molar-refractivity contribution < 1.29 is 0 Å². The summed E-state index contributed by atoms with van der Waals surface area (Å²) in [5, 5.41) is 6.49. The lowest BCUT2D eigenvalue weighted by molar-refractivity contribution is 0.753. The molecule has 1 aliphatic heterocycles. The highest BCUT2D eigenvalue weighted by atomic mass is 32.1. The molecule has 1 atom stereocenters. The lowest BCUT2D eigenvalue weighted by Gasteiger charge is -2.14. The van der Waals surface area contributed by atoms with Crippen LogP contribution in [0.5, 0.6) is 0 Å². The summed E-state index contributed by atoms with van der Waals surface area (Å²) in [4.78, 5) is 0.843.